The van der Waals surface area contributed by atoms with Crippen LogP contribution >= 0.6 is 11.3 Å². The molecule has 1 heterocycles. The van der Waals surface area contributed by atoms with Crippen LogP contribution in [-0.2, 0) is 16.6 Å². The Hall–Kier alpha value is -0.430. The Balaban J connectivity index is 1.87. The molecule has 6 heteroatoms. The standard InChI is InChI=1S/C14H23NO3S2/c1-2-11-3-5-12(6-4-11)8-15-20(17,18)14-7-13(9-16)10-19-14/h7,10-12,15-16H,2-6,8-9H2,1H3. The minimum Gasteiger partial charge on any atom is -0.392 e. The van der Waals surface area contributed by atoms with Crippen LogP contribution in [-0.4, -0.2) is 20.1 Å². The van der Waals surface area contributed by atoms with Crippen molar-refractivity contribution in [2.24, 2.45) is 11.8 Å². The first kappa shape index (κ1) is 15.9. The van der Waals surface area contributed by atoms with Gasteiger partial charge in [0.05, 0.1) is 6.61 Å². The molecule has 2 rings (SSSR count). The number of rotatable bonds is 6. The fourth-order valence-corrected chi connectivity index (χ4v) is 5.08. The summed E-state index contributed by atoms with van der Waals surface area (Å²) in [7, 11) is -3.41. The van der Waals surface area contributed by atoms with E-state index in [1.165, 1.54) is 19.3 Å². The highest BCUT2D eigenvalue weighted by atomic mass is 32.2. The monoisotopic (exact) mass is 317 g/mol. The first-order valence-electron chi connectivity index (χ1n) is 7.23. The van der Waals surface area contributed by atoms with Gasteiger partial charge < -0.3 is 5.11 Å². The van der Waals surface area contributed by atoms with Gasteiger partial charge >= 0.3 is 0 Å². The van der Waals surface area contributed by atoms with Crippen molar-refractivity contribution in [2.75, 3.05) is 6.54 Å². The molecule has 1 fully saturated rings. The zero-order valence-corrected chi connectivity index (χ0v) is 13.5. The topological polar surface area (TPSA) is 66.4 Å². The smallest absolute Gasteiger partial charge is 0.250 e. The minimum atomic E-state index is -3.41. The Bertz CT molecular complexity index is 516. The molecule has 0 saturated heterocycles. The van der Waals surface area contributed by atoms with Crippen LogP contribution in [0.25, 0.3) is 0 Å². The van der Waals surface area contributed by atoms with Crippen LogP contribution in [0, 0.1) is 11.8 Å². The number of sulfonamides is 1. The molecule has 1 aromatic rings. The lowest BCUT2D eigenvalue weighted by molar-refractivity contribution is 0.270. The van der Waals surface area contributed by atoms with E-state index in [-0.39, 0.29) is 6.61 Å². The van der Waals surface area contributed by atoms with Crippen LogP contribution in [0.1, 0.15) is 44.6 Å². The molecule has 0 bridgehead atoms. The highest BCUT2D eigenvalue weighted by molar-refractivity contribution is 7.91. The van der Waals surface area contributed by atoms with E-state index in [0.29, 0.717) is 22.2 Å². The van der Waals surface area contributed by atoms with Gasteiger partial charge in [0.25, 0.3) is 0 Å². The van der Waals surface area contributed by atoms with Gasteiger partial charge in [0, 0.05) is 6.54 Å². The van der Waals surface area contributed by atoms with Gasteiger partial charge in [-0.15, -0.1) is 11.3 Å². The van der Waals surface area contributed by atoms with E-state index < -0.39 is 10.0 Å². The quantitative estimate of drug-likeness (QED) is 0.848. The molecule has 2 N–H and O–H groups in total. The Morgan fingerprint density at radius 1 is 1.30 bits per heavy atom. The van der Waals surface area contributed by atoms with E-state index in [4.69, 9.17) is 5.11 Å². The largest absolute Gasteiger partial charge is 0.392 e. The zero-order valence-electron chi connectivity index (χ0n) is 11.8. The molecular formula is C14H23NO3S2. The summed E-state index contributed by atoms with van der Waals surface area (Å²) >= 11 is 1.16. The molecule has 1 saturated carbocycles. The molecule has 1 aliphatic rings. The summed E-state index contributed by atoms with van der Waals surface area (Å²) < 4.78 is 27.3. The Morgan fingerprint density at radius 2 is 1.95 bits per heavy atom. The van der Waals surface area contributed by atoms with Crippen molar-refractivity contribution >= 4 is 21.4 Å². The third kappa shape index (κ3) is 4.04. The average molecular weight is 317 g/mol. The Morgan fingerprint density at radius 3 is 2.50 bits per heavy atom. The normalized spacial score (nSPS) is 23.9. The second kappa shape index (κ2) is 7.02. The molecule has 0 aliphatic heterocycles. The highest BCUT2D eigenvalue weighted by Gasteiger charge is 2.23. The van der Waals surface area contributed by atoms with E-state index in [1.54, 1.807) is 11.4 Å². The first-order chi connectivity index (χ1) is 9.55. The van der Waals surface area contributed by atoms with Gasteiger partial charge in [-0.3, -0.25) is 0 Å². The second-order valence-corrected chi connectivity index (χ2v) is 8.48. The molecule has 1 aromatic heterocycles. The van der Waals surface area contributed by atoms with Gasteiger partial charge in [-0.25, -0.2) is 13.1 Å². The van der Waals surface area contributed by atoms with Gasteiger partial charge in [-0.05, 0) is 41.7 Å². The van der Waals surface area contributed by atoms with Gasteiger partial charge in [-0.2, -0.15) is 0 Å². The van der Waals surface area contributed by atoms with E-state index in [1.807, 2.05) is 0 Å². The fraction of sp³-hybridized carbons (Fsp3) is 0.714. The second-order valence-electron chi connectivity index (χ2n) is 5.58. The third-order valence-electron chi connectivity index (χ3n) is 4.18. The van der Waals surface area contributed by atoms with Crippen molar-refractivity contribution in [3.63, 3.8) is 0 Å². The lowest BCUT2D eigenvalue weighted by Crippen LogP contribution is -2.31. The van der Waals surface area contributed by atoms with Crippen LogP contribution in [0.5, 0.6) is 0 Å². The third-order valence-corrected chi connectivity index (χ3v) is 7.09. The summed E-state index contributed by atoms with van der Waals surface area (Å²) in [6.45, 7) is 2.64. The van der Waals surface area contributed by atoms with Crippen molar-refractivity contribution in [3.05, 3.63) is 17.0 Å². The molecule has 0 spiro atoms. The summed E-state index contributed by atoms with van der Waals surface area (Å²) in [4.78, 5) is 0. The van der Waals surface area contributed by atoms with E-state index in [9.17, 15) is 8.42 Å². The number of aliphatic hydroxyl groups is 1. The van der Waals surface area contributed by atoms with Crippen LogP contribution < -0.4 is 4.72 Å². The summed E-state index contributed by atoms with van der Waals surface area (Å²) in [5, 5.41) is 10.7. The van der Waals surface area contributed by atoms with Crippen molar-refractivity contribution in [1.82, 2.24) is 4.72 Å². The summed E-state index contributed by atoms with van der Waals surface area (Å²) in [5.41, 5.74) is 0.652. The van der Waals surface area contributed by atoms with Gasteiger partial charge in [0.2, 0.25) is 10.0 Å². The maximum atomic E-state index is 12.1. The molecule has 0 unspecified atom stereocenters. The van der Waals surface area contributed by atoms with Gasteiger partial charge in [-0.1, -0.05) is 26.2 Å². The maximum absolute atomic E-state index is 12.1. The number of hydrogen-bond donors (Lipinski definition) is 2. The zero-order chi connectivity index (χ0) is 14.6. The van der Waals surface area contributed by atoms with E-state index in [2.05, 4.69) is 11.6 Å². The molecule has 0 radical (unpaired) electrons. The van der Waals surface area contributed by atoms with Crippen molar-refractivity contribution in [1.29, 1.82) is 0 Å². The maximum Gasteiger partial charge on any atom is 0.250 e. The molecule has 0 atom stereocenters. The highest BCUT2D eigenvalue weighted by Crippen LogP contribution is 2.30. The lowest BCUT2D eigenvalue weighted by Gasteiger charge is -2.27. The summed E-state index contributed by atoms with van der Waals surface area (Å²) in [5.74, 6) is 1.29. The summed E-state index contributed by atoms with van der Waals surface area (Å²) in [6.07, 6.45) is 5.91. The lowest BCUT2D eigenvalue weighted by atomic mass is 9.81. The molecule has 0 aromatic carbocycles. The molecule has 20 heavy (non-hydrogen) atoms. The summed E-state index contributed by atoms with van der Waals surface area (Å²) in [6, 6.07) is 1.54. The first-order valence-corrected chi connectivity index (χ1v) is 9.59. The van der Waals surface area contributed by atoms with Gasteiger partial charge in [0.15, 0.2) is 0 Å². The number of thiophene rings is 1. The van der Waals surface area contributed by atoms with Crippen LogP contribution in [0.15, 0.2) is 15.7 Å². The van der Waals surface area contributed by atoms with Crippen molar-refractivity contribution < 1.29 is 13.5 Å². The molecule has 4 nitrogen and oxygen atoms in total. The van der Waals surface area contributed by atoms with Crippen molar-refractivity contribution in [3.8, 4) is 0 Å². The van der Waals surface area contributed by atoms with Crippen LogP contribution in [0.4, 0.5) is 0 Å². The average Bonchev–Trinajstić information content (AvgIpc) is 2.95. The Kier molecular flexibility index (Phi) is 5.60. The molecular weight excluding hydrogens is 294 g/mol. The van der Waals surface area contributed by atoms with Crippen molar-refractivity contribution in [2.45, 2.75) is 49.8 Å². The van der Waals surface area contributed by atoms with E-state index in [0.717, 1.165) is 30.1 Å². The Labute approximate surface area is 125 Å². The van der Waals surface area contributed by atoms with Crippen LogP contribution in [0.2, 0.25) is 0 Å². The predicted octanol–water partition coefficient (Wildman–Crippen LogP) is 2.74. The SMILES string of the molecule is CCC1CCC(CNS(=O)(=O)c2cc(CO)cs2)CC1. The molecule has 1 aliphatic carbocycles. The fourth-order valence-electron chi connectivity index (χ4n) is 2.72. The van der Waals surface area contributed by atoms with E-state index >= 15 is 0 Å². The minimum absolute atomic E-state index is 0.118. The number of nitrogens with one attached hydrogen (secondary N) is 1. The number of aliphatic hydroxyl groups excluding tert-OH is 1. The van der Waals surface area contributed by atoms with Gasteiger partial charge in [0.1, 0.15) is 4.21 Å². The molecule has 114 valence electrons. The van der Waals surface area contributed by atoms with Crippen LogP contribution in [0.3, 0.4) is 0 Å². The predicted molar refractivity (Wildman–Crippen MR) is 81.2 cm³/mol. The number of hydrogen-bond acceptors (Lipinski definition) is 4. The molecule has 0 amide bonds.